The van der Waals surface area contributed by atoms with Crippen LogP contribution in [0.15, 0.2) is 29.8 Å². The van der Waals surface area contributed by atoms with Crippen LogP contribution in [0, 0.1) is 17.1 Å². The van der Waals surface area contributed by atoms with Crippen molar-refractivity contribution in [1.82, 2.24) is 5.32 Å². The number of halogens is 1. The molecule has 2 rings (SSSR count). The first-order chi connectivity index (χ1) is 9.89. The summed E-state index contributed by atoms with van der Waals surface area (Å²) in [5.74, 6) is -1.20. The van der Waals surface area contributed by atoms with Crippen LogP contribution in [0.3, 0.4) is 0 Å². The summed E-state index contributed by atoms with van der Waals surface area (Å²) in [7, 11) is -3.10. The zero-order chi connectivity index (χ0) is 15.5. The number of hydrogen-bond acceptors (Lipinski definition) is 4. The number of amides is 1. The zero-order valence-electron chi connectivity index (χ0n) is 11.0. The topological polar surface area (TPSA) is 87.0 Å². The van der Waals surface area contributed by atoms with Crippen molar-refractivity contribution < 1.29 is 17.6 Å². The highest BCUT2D eigenvalue weighted by Gasteiger charge is 2.29. The number of benzene rings is 1. The van der Waals surface area contributed by atoms with Crippen LogP contribution in [0.2, 0.25) is 0 Å². The molecule has 0 saturated carbocycles. The van der Waals surface area contributed by atoms with Gasteiger partial charge in [0.15, 0.2) is 9.84 Å². The van der Waals surface area contributed by atoms with Gasteiger partial charge in [-0.1, -0.05) is 12.1 Å². The van der Waals surface area contributed by atoms with Crippen LogP contribution in [-0.2, 0) is 14.6 Å². The van der Waals surface area contributed by atoms with Crippen LogP contribution in [0.5, 0.6) is 0 Å². The van der Waals surface area contributed by atoms with Crippen LogP contribution in [0.4, 0.5) is 4.39 Å². The number of sulfone groups is 1. The molecule has 0 bridgehead atoms. The van der Waals surface area contributed by atoms with E-state index in [4.69, 9.17) is 5.26 Å². The minimum absolute atomic E-state index is 0.0352. The number of hydrogen-bond donors (Lipinski definition) is 1. The number of carbonyl (C=O) groups is 1. The Morgan fingerprint density at radius 1 is 1.48 bits per heavy atom. The molecular weight excluding hydrogens is 295 g/mol. The number of nitrogens with zero attached hydrogens (tertiary/aromatic N) is 1. The van der Waals surface area contributed by atoms with E-state index < -0.39 is 27.6 Å². The third-order valence-corrected chi connectivity index (χ3v) is 4.86. The van der Waals surface area contributed by atoms with Gasteiger partial charge >= 0.3 is 0 Å². The lowest BCUT2D eigenvalue weighted by molar-refractivity contribution is -0.117. The molecule has 1 aliphatic rings. The molecule has 1 unspecified atom stereocenters. The normalized spacial score (nSPS) is 20.8. The van der Waals surface area contributed by atoms with E-state index in [0.717, 1.165) is 0 Å². The SMILES string of the molecule is N#CC(=Cc1cccc(F)c1)C(=O)NC1CCS(=O)(=O)C1. The summed E-state index contributed by atoms with van der Waals surface area (Å²) in [6.07, 6.45) is 1.61. The van der Waals surface area contributed by atoms with Crippen molar-refractivity contribution in [2.75, 3.05) is 11.5 Å². The summed E-state index contributed by atoms with van der Waals surface area (Å²) in [5, 5.41) is 11.5. The molecule has 0 spiro atoms. The second kappa shape index (κ2) is 6.06. The smallest absolute Gasteiger partial charge is 0.262 e. The molecule has 1 saturated heterocycles. The lowest BCUT2D eigenvalue weighted by atomic mass is 10.1. The van der Waals surface area contributed by atoms with E-state index in [1.54, 1.807) is 12.1 Å². The van der Waals surface area contributed by atoms with E-state index in [2.05, 4.69) is 5.32 Å². The van der Waals surface area contributed by atoms with Crippen LogP contribution in [-0.4, -0.2) is 31.9 Å². The number of carbonyl (C=O) groups excluding carboxylic acids is 1. The average Bonchev–Trinajstić information content (AvgIpc) is 2.75. The average molecular weight is 308 g/mol. The van der Waals surface area contributed by atoms with Gasteiger partial charge in [-0.3, -0.25) is 4.79 Å². The minimum atomic E-state index is -3.10. The standard InChI is InChI=1S/C14H13FN2O3S/c15-12-3-1-2-10(7-12)6-11(8-16)14(18)17-13-4-5-21(19,20)9-13/h1-3,6-7,13H,4-5,9H2,(H,17,18). The fourth-order valence-corrected chi connectivity index (χ4v) is 3.76. The van der Waals surface area contributed by atoms with E-state index in [0.29, 0.717) is 12.0 Å². The highest BCUT2D eigenvalue weighted by molar-refractivity contribution is 7.91. The van der Waals surface area contributed by atoms with Gasteiger partial charge in [0.05, 0.1) is 11.5 Å². The summed E-state index contributed by atoms with van der Waals surface area (Å²) >= 11 is 0. The fraction of sp³-hybridized carbons (Fsp3) is 0.286. The molecule has 5 nitrogen and oxygen atoms in total. The summed E-state index contributed by atoms with van der Waals surface area (Å²) in [4.78, 5) is 11.9. The summed E-state index contributed by atoms with van der Waals surface area (Å²) in [5.41, 5.74) is 0.200. The molecule has 7 heteroatoms. The number of rotatable bonds is 3. The van der Waals surface area contributed by atoms with E-state index in [9.17, 15) is 17.6 Å². The summed E-state index contributed by atoms with van der Waals surface area (Å²) in [6, 6.07) is 6.75. The van der Waals surface area contributed by atoms with Crippen LogP contribution in [0.1, 0.15) is 12.0 Å². The Morgan fingerprint density at radius 3 is 2.81 bits per heavy atom. The molecule has 1 N–H and O–H groups in total. The summed E-state index contributed by atoms with van der Waals surface area (Å²) in [6.45, 7) is 0. The molecule has 1 aromatic carbocycles. The van der Waals surface area contributed by atoms with Crippen molar-refractivity contribution in [2.24, 2.45) is 0 Å². The van der Waals surface area contributed by atoms with E-state index in [-0.39, 0.29) is 17.1 Å². The Bertz CT molecular complexity index is 735. The van der Waals surface area contributed by atoms with Gasteiger partial charge in [0.1, 0.15) is 17.5 Å². The van der Waals surface area contributed by atoms with Crippen LogP contribution in [0.25, 0.3) is 6.08 Å². The lowest BCUT2D eigenvalue weighted by Crippen LogP contribution is -2.36. The Labute approximate surface area is 122 Å². The van der Waals surface area contributed by atoms with Crippen molar-refractivity contribution in [1.29, 1.82) is 5.26 Å². The highest BCUT2D eigenvalue weighted by atomic mass is 32.2. The molecule has 21 heavy (non-hydrogen) atoms. The molecule has 0 aliphatic carbocycles. The van der Waals surface area contributed by atoms with Crippen LogP contribution >= 0.6 is 0 Å². The maximum absolute atomic E-state index is 13.1. The molecule has 0 radical (unpaired) electrons. The van der Waals surface area contributed by atoms with Crippen molar-refractivity contribution in [3.8, 4) is 6.07 Å². The Morgan fingerprint density at radius 2 is 2.24 bits per heavy atom. The Hall–Kier alpha value is -2.20. The zero-order valence-corrected chi connectivity index (χ0v) is 11.9. The van der Waals surface area contributed by atoms with E-state index >= 15 is 0 Å². The molecule has 1 heterocycles. The monoisotopic (exact) mass is 308 g/mol. The van der Waals surface area contributed by atoms with Gasteiger partial charge in [-0.25, -0.2) is 12.8 Å². The number of nitriles is 1. The molecule has 1 aromatic rings. The second-order valence-corrected chi connectivity index (χ2v) is 7.03. The van der Waals surface area contributed by atoms with E-state index in [1.165, 1.54) is 24.3 Å². The third kappa shape index (κ3) is 4.13. The fourth-order valence-electron chi connectivity index (χ4n) is 2.08. The molecule has 110 valence electrons. The molecule has 1 amide bonds. The predicted molar refractivity (Wildman–Crippen MR) is 75.2 cm³/mol. The van der Waals surface area contributed by atoms with Gasteiger partial charge in [0.2, 0.25) is 0 Å². The highest BCUT2D eigenvalue weighted by Crippen LogP contribution is 2.13. The molecule has 0 aromatic heterocycles. The van der Waals surface area contributed by atoms with Gasteiger partial charge in [-0.2, -0.15) is 5.26 Å². The molecular formula is C14H13FN2O3S. The third-order valence-electron chi connectivity index (χ3n) is 3.09. The first kappa shape index (κ1) is 15.2. The molecule has 1 fully saturated rings. The van der Waals surface area contributed by atoms with Crippen molar-refractivity contribution in [3.63, 3.8) is 0 Å². The first-order valence-electron chi connectivity index (χ1n) is 6.28. The number of nitrogens with one attached hydrogen (secondary N) is 1. The quantitative estimate of drug-likeness (QED) is 0.667. The maximum atomic E-state index is 13.1. The predicted octanol–water partition coefficient (Wildman–Crippen LogP) is 1.04. The minimum Gasteiger partial charge on any atom is -0.348 e. The van der Waals surface area contributed by atoms with Gasteiger partial charge < -0.3 is 5.32 Å². The Balaban J connectivity index is 2.11. The van der Waals surface area contributed by atoms with Gasteiger partial charge in [-0.15, -0.1) is 0 Å². The van der Waals surface area contributed by atoms with Gasteiger partial charge in [0, 0.05) is 6.04 Å². The molecule has 1 atom stereocenters. The molecule has 1 aliphatic heterocycles. The van der Waals surface area contributed by atoms with Gasteiger partial charge in [-0.05, 0) is 30.2 Å². The van der Waals surface area contributed by atoms with Crippen molar-refractivity contribution in [2.45, 2.75) is 12.5 Å². The maximum Gasteiger partial charge on any atom is 0.262 e. The summed E-state index contributed by atoms with van der Waals surface area (Å²) < 4.78 is 35.7. The van der Waals surface area contributed by atoms with E-state index in [1.807, 2.05) is 0 Å². The van der Waals surface area contributed by atoms with Gasteiger partial charge in [0.25, 0.3) is 5.91 Å². The second-order valence-electron chi connectivity index (χ2n) is 4.80. The van der Waals surface area contributed by atoms with Crippen molar-refractivity contribution in [3.05, 3.63) is 41.2 Å². The van der Waals surface area contributed by atoms with Crippen molar-refractivity contribution >= 4 is 21.8 Å². The van der Waals surface area contributed by atoms with Crippen LogP contribution < -0.4 is 5.32 Å². The largest absolute Gasteiger partial charge is 0.348 e. The first-order valence-corrected chi connectivity index (χ1v) is 8.10. The Kier molecular flexibility index (Phi) is 4.38. The lowest BCUT2D eigenvalue weighted by Gasteiger charge is -2.09.